The maximum absolute atomic E-state index is 13.5. The van der Waals surface area contributed by atoms with Crippen LogP contribution in [0.5, 0.6) is 0 Å². The summed E-state index contributed by atoms with van der Waals surface area (Å²) in [4.78, 5) is 22.7. The number of Topliss-reactive ketones (excluding diaryl/α,β-unsaturated/α-hetero) is 1. The Labute approximate surface area is 133 Å². The lowest BCUT2D eigenvalue weighted by atomic mass is 9.95. The predicted molar refractivity (Wildman–Crippen MR) is 63.0 cm³/mol. The maximum atomic E-state index is 13.5. The van der Waals surface area contributed by atoms with Crippen molar-refractivity contribution in [2.45, 2.75) is 23.9 Å². The molecule has 1 rings (SSSR count). The number of ketones is 1. The molecule has 0 spiro atoms. The lowest BCUT2D eigenvalue weighted by molar-refractivity contribution is -0.386. The summed E-state index contributed by atoms with van der Waals surface area (Å²) in [5, 5.41) is 0. The third kappa shape index (κ3) is 3.29. The van der Waals surface area contributed by atoms with Crippen LogP contribution in [0.3, 0.4) is 0 Å². The molecule has 0 aromatic heterocycles. The van der Waals surface area contributed by atoms with E-state index in [4.69, 9.17) is 0 Å². The molecule has 0 unspecified atom stereocenters. The lowest BCUT2D eigenvalue weighted by Gasteiger charge is -2.32. The van der Waals surface area contributed by atoms with E-state index in [0.717, 1.165) is 19.2 Å². The number of ether oxygens (including phenoxy) is 1. The van der Waals surface area contributed by atoms with Crippen LogP contribution < -0.4 is 0 Å². The minimum Gasteiger partial charge on any atom is -0.465 e. The lowest BCUT2D eigenvalue weighted by Crippen LogP contribution is -2.63. The van der Waals surface area contributed by atoms with Crippen molar-refractivity contribution in [1.82, 2.24) is 0 Å². The van der Waals surface area contributed by atoms with Gasteiger partial charge in [-0.3, -0.25) is 4.79 Å². The molecule has 0 radical (unpaired) electrons. The van der Waals surface area contributed by atoms with Gasteiger partial charge in [0.25, 0.3) is 0 Å². The Morgan fingerprint density at radius 2 is 1.32 bits per heavy atom. The summed E-state index contributed by atoms with van der Waals surface area (Å²) in [6.07, 6.45) is -7.03. The molecule has 0 amide bonds. The smallest absolute Gasteiger partial charge is 0.460 e. The number of benzene rings is 1. The molecule has 0 aliphatic carbocycles. The topological polar surface area (TPSA) is 43.4 Å². The second-order valence-electron chi connectivity index (χ2n) is 4.62. The van der Waals surface area contributed by atoms with Gasteiger partial charge < -0.3 is 4.74 Å². The molecule has 0 saturated carbocycles. The van der Waals surface area contributed by atoms with Gasteiger partial charge in [0.15, 0.2) is 0 Å². The van der Waals surface area contributed by atoms with Gasteiger partial charge in [-0.15, -0.1) is 0 Å². The number of carbonyl (C=O) groups is 2. The fourth-order valence-corrected chi connectivity index (χ4v) is 1.60. The van der Waals surface area contributed by atoms with E-state index >= 15 is 0 Å². The minimum atomic E-state index is -7.18. The number of halogens is 9. The average molecular weight is 382 g/mol. The second kappa shape index (κ2) is 6.23. The standard InChI is InChI=1S/C13H7F9O3/c1-25-9(24)7-4-2-3-6(5-7)8(23)10(14,15)11(16,17)12(18,19)13(20,21)22/h2-5H,1H3. The summed E-state index contributed by atoms with van der Waals surface area (Å²) in [6.45, 7) is 0. The van der Waals surface area contributed by atoms with Gasteiger partial charge in [-0.1, -0.05) is 12.1 Å². The first-order valence-corrected chi connectivity index (χ1v) is 6.04. The summed E-state index contributed by atoms with van der Waals surface area (Å²) in [6, 6.07) is 2.38. The SMILES string of the molecule is COC(=O)c1cccc(C(=O)C(F)(F)C(F)(F)C(F)(F)C(F)(F)F)c1. The number of carbonyl (C=O) groups excluding carboxylic acids is 2. The molecule has 0 aliphatic rings. The predicted octanol–water partition coefficient (Wildman–Crippen LogP) is 4.12. The molecule has 3 nitrogen and oxygen atoms in total. The molecular weight excluding hydrogens is 375 g/mol. The van der Waals surface area contributed by atoms with Crippen LogP contribution in [-0.2, 0) is 4.74 Å². The summed E-state index contributed by atoms with van der Waals surface area (Å²) in [7, 11) is 0.851. The van der Waals surface area contributed by atoms with Crippen molar-refractivity contribution >= 4 is 11.8 Å². The van der Waals surface area contributed by atoms with Crippen LogP contribution in [0.25, 0.3) is 0 Å². The van der Waals surface area contributed by atoms with E-state index in [0.29, 0.717) is 12.1 Å². The van der Waals surface area contributed by atoms with Gasteiger partial charge in [0.05, 0.1) is 12.7 Å². The largest absolute Gasteiger partial charge is 0.465 e. The van der Waals surface area contributed by atoms with Gasteiger partial charge in [0.2, 0.25) is 5.78 Å². The molecule has 0 fully saturated rings. The van der Waals surface area contributed by atoms with Crippen LogP contribution in [-0.4, -0.2) is 42.8 Å². The summed E-state index contributed by atoms with van der Waals surface area (Å²) >= 11 is 0. The normalized spacial score (nSPS) is 13.5. The molecule has 1 aromatic rings. The van der Waals surface area contributed by atoms with Crippen molar-refractivity contribution < 1.29 is 53.8 Å². The van der Waals surface area contributed by atoms with Crippen LogP contribution in [0, 0.1) is 0 Å². The van der Waals surface area contributed by atoms with Gasteiger partial charge in [-0.25, -0.2) is 4.79 Å². The van der Waals surface area contributed by atoms with E-state index in [9.17, 15) is 49.1 Å². The Morgan fingerprint density at radius 1 is 0.840 bits per heavy atom. The van der Waals surface area contributed by atoms with E-state index in [-0.39, 0.29) is 0 Å². The van der Waals surface area contributed by atoms with E-state index in [1.165, 1.54) is 0 Å². The highest BCUT2D eigenvalue weighted by Gasteiger charge is 2.83. The average Bonchev–Trinajstić information content (AvgIpc) is 2.51. The molecule has 0 bridgehead atoms. The minimum absolute atomic E-state index is 0.296. The van der Waals surface area contributed by atoms with Crippen molar-refractivity contribution in [2.75, 3.05) is 7.11 Å². The first-order valence-electron chi connectivity index (χ1n) is 6.04. The Bertz CT molecular complexity index is 680. The van der Waals surface area contributed by atoms with E-state index in [2.05, 4.69) is 4.74 Å². The van der Waals surface area contributed by atoms with Gasteiger partial charge >= 0.3 is 29.9 Å². The highest BCUT2D eigenvalue weighted by atomic mass is 19.4. The molecule has 140 valence electrons. The quantitative estimate of drug-likeness (QED) is 0.437. The Balaban J connectivity index is 3.39. The molecule has 25 heavy (non-hydrogen) atoms. The van der Waals surface area contributed by atoms with Crippen LogP contribution in [0.4, 0.5) is 39.5 Å². The van der Waals surface area contributed by atoms with Crippen molar-refractivity contribution in [3.8, 4) is 0 Å². The number of methoxy groups -OCH3 is 1. The summed E-state index contributed by atoms with van der Waals surface area (Å²) < 4.78 is 119. The van der Waals surface area contributed by atoms with Gasteiger partial charge in [0.1, 0.15) is 0 Å². The zero-order valence-corrected chi connectivity index (χ0v) is 11.9. The molecule has 0 heterocycles. The highest BCUT2D eigenvalue weighted by molar-refractivity contribution is 6.04. The zero-order chi connectivity index (χ0) is 19.8. The molecule has 12 heteroatoms. The van der Waals surface area contributed by atoms with Crippen LogP contribution in [0.1, 0.15) is 20.7 Å². The monoisotopic (exact) mass is 382 g/mol. The number of hydrogen-bond acceptors (Lipinski definition) is 3. The number of esters is 1. The second-order valence-corrected chi connectivity index (χ2v) is 4.62. The van der Waals surface area contributed by atoms with Crippen molar-refractivity contribution in [3.05, 3.63) is 35.4 Å². The van der Waals surface area contributed by atoms with Crippen molar-refractivity contribution in [1.29, 1.82) is 0 Å². The van der Waals surface area contributed by atoms with Gasteiger partial charge in [-0.05, 0) is 12.1 Å². The maximum Gasteiger partial charge on any atom is 0.460 e. The van der Waals surface area contributed by atoms with Crippen molar-refractivity contribution in [2.24, 2.45) is 0 Å². The molecule has 1 aromatic carbocycles. The third-order valence-electron chi connectivity index (χ3n) is 2.98. The Kier molecular flexibility index (Phi) is 5.17. The van der Waals surface area contributed by atoms with Crippen LogP contribution in [0.15, 0.2) is 24.3 Å². The Morgan fingerprint density at radius 3 is 1.76 bits per heavy atom. The zero-order valence-electron chi connectivity index (χ0n) is 11.9. The van der Waals surface area contributed by atoms with E-state index < -0.39 is 46.8 Å². The third-order valence-corrected chi connectivity index (χ3v) is 2.98. The molecule has 0 saturated heterocycles. The van der Waals surface area contributed by atoms with E-state index in [1.807, 2.05) is 0 Å². The van der Waals surface area contributed by atoms with Gasteiger partial charge in [-0.2, -0.15) is 39.5 Å². The summed E-state index contributed by atoms with van der Waals surface area (Å²) in [5.41, 5.74) is -1.97. The first-order chi connectivity index (χ1) is 11.1. The summed E-state index contributed by atoms with van der Waals surface area (Å²) in [5.74, 6) is -24.9. The first kappa shape index (κ1) is 20.8. The number of hydrogen-bond donors (Lipinski definition) is 0. The highest BCUT2D eigenvalue weighted by Crippen LogP contribution is 2.53. The molecule has 0 N–H and O–H groups in total. The Hall–Kier alpha value is -2.27. The van der Waals surface area contributed by atoms with Gasteiger partial charge in [0, 0.05) is 5.56 Å². The molecule has 0 aliphatic heterocycles. The fourth-order valence-electron chi connectivity index (χ4n) is 1.60. The fraction of sp³-hybridized carbons (Fsp3) is 0.385. The molecule has 0 atom stereocenters. The number of alkyl halides is 9. The van der Waals surface area contributed by atoms with Crippen LogP contribution in [0.2, 0.25) is 0 Å². The number of rotatable bonds is 5. The molecular formula is C13H7F9O3. The van der Waals surface area contributed by atoms with Crippen LogP contribution >= 0.6 is 0 Å². The van der Waals surface area contributed by atoms with Crippen molar-refractivity contribution in [3.63, 3.8) is 0 Å². The van der Waals surface area contributed by atoms with E-state index in [1.54, 1.807) is 0 Å².